The van der Waals surface area contributed by atoms with Crippen LogP contribution in [0.1, 0.15) is 17.3 Å². The summed E-state index contributed by atoms with van der Waals surface area (Å²) in [5.74, 6) is -4.70. The Morgan fingerprint density at radius 3 is 2.38 bits per heavy atom. The molecular weight excluding hydrogens is 470 g/mol. The molecule has 1 saturated heterocycles. The quantitative estimate of drug-likeness (QED) is 0.320. The molecule has 2 aromatic carbocycles. The van der Waals surface area contributed by atoms with E-state index >= 15 is 0 Å². The Labute approximate surface area is 197 Å². The number of carbonyl (C=O) groups excluding carboxylic acids is 2. The predicted molar refractivity (Wildman–Crippen MR) is 120 cm³/mol. The topological polar surface area (TPSA) is 89.0 Å². The molecule has 10 heteroatoms. The molecular formula is C24H17ClF2N2O5. The number of Topliss-reactive ketones (excluding diaryl/α,β-unsaturated/α-hetero) is 1. The molecule has 1 aromatic heterocycles. The van der Waals surface area contributed by atoms with Crippen molar-refractivity contribution in [2.75, 3.05) is 19.1 Å². The first-order valence-electron chi connectivity index (χ1n) is 9.87. The lowest BCUT2D eigenvalue weighted by molar-refractivity contribution is -0.132. The van der Waals surface area contributed by atoms with Gasteiger partial charge < -0.3 is 14.6 Å². The monoisotopic (exact) mass is 486 g/mol. The van der Waals surface area contributed by atoms with Gasteiger partial charge in [-0.2, -0.15) is 0 Å². The van der Waals surface area contributed by atoms with Gasteiger partial charge >= 0.3 is 0 Å². The van der Waals surface area contributed by atoms with Crippen LogP contribution in [-0.4, -0.2) is 36.0 Å². The average molecular weight is 487 g/mol. The van der Waals surface area contributed by atoms with Gasteiger partial charge in [0.1, 0.15) is 23.3 Å². The van der Waals surface area contributed by atoms with E-state index in [0.29, 0.717) is 0 Å². The van der Waals surface area contributed by atoms with Crippen molar-refractivity contribution < 1.29 is 33.0 Å². The largest absolute Gasteiger partial charge is 0.507 e. The number of hydrogen-bond acceptors (Lipinski definition) is 6. The Morgan fingerprint density at radius 2 is 1.76 bits per heavy atom. The first kappa shape index (κ1) is 23.2. The number of ether oxygens (including phenoxy) is 2. The van der Waals surface area contributed by atoms with E-state index in [1.807, 2.05) is 0 Å². The SMILES string of the molecule is COc1cc(/C(O)=C2\C(=O)C(=O)N(c3ccc(F)c(F)c3)C2c2ccccn2)c(OC)cc1Cl. The normalized spacial score (nSPS) is 17.2. The van der Waals surface area contributed by atoms with E-state index in [2.05, 4.69) is 4.98 Å². The number of carbonyl (C=O) groups is 2. The Balaban J connectivity index is 1.99. The number of ketones is 1. The van der Waals surface area contributed by atoms with E-state index in [1.165, 1.54) is 38.6 Å². The van der Waals surface area contributed by atoms with Gasteiger partial charge in [-0.1, -0.05) is 17.7 Å². The third-order valence-electron chi connectivity index (χ3n) is 5.32. The summed E-state index contributed by atoms with van der Waals surface area (Å²) in [5, 5.41) is 11.5. The molecule has 1 unspecified atom stereocenters. The molecule has 1 aliphatic heterocycles. The average Bonchev–Trinajstić information content (AvgIpc) is 3.11. The Hall–Kier alpha value is -3.98. The summed E-state index contributed by atoms with van der Waals surface area (Å²) in [7, 11) is 2.71. The molecule has 0 aliphatic carbocycles. The van der Waals surface area contributed by atoms with Gasteiger partial charge in [0, 0.05) is 24.0 Å². The van der Waals surface area contributed by atoms with Crippen LogP contribution in [0.25, 0.3) is 5.76 Å². The molecule has 174 valence electrons. The molecule has 1 fully saturated rings. The Morgan fingerprint density at radius 1 is 1.03 bits per heavy atom. The molecule has 1 aliphatic rings. The molecule has 0 radical (unpaired) electrons. The number of aliphatic hydroxyl groups is 1. The van der Waals surface area contributed by atoms with Crippen LogP contribution in [-0.2, 0) is 9.59 Å². The van der Waals surface area contributed by atoms with Gasteiger partial charge in [-0.05, 0) is 30.3 Å². The Kier molecular flexibility index (Phi) is 6.21. The number of aliphatic hydroxyl groups excluding tert-OH is 1. The van der Waals surface area contributed by atoms with Gasteiger partial charge in [-0.25, -0.2) is 8.78 Å². The zero-order valence-corrected chi connectivity index (χ0v) is 18.6. The number of pyridine rings is 1. The summed E-state index contributed by atoms with van der Waals surface area (Å²) < 4.78 is 38.1. The van der Waals surface area contributed by atoms with E-state index in [1.54, 1.807) is 12.1 Å². The standard InChI is InChI=1S/C24H17ClF2N2O5/c1-33-18-11-14(25)19(34-2)10-13(18)22(30)20-21(17-5-3-4-8-28-17)29(24(32)23(20)31)12-6-7-15(26)16(27)9-12/h3-11,21,30H,1-2H3/b22-20+. The molecule has 3 aromatic rings. The van der Waals surface area contributed by atoms with Gasteiger partial charge in [0.05, 0.1) is 36.1 Å². The lowest BCUT2D eigenvalue weighted by Crippen LogP contribution is -2.30. The highest BCUT2D eigenvalue weighted by molar-refractivity contribution is 6.51. The van der Waals surface area contributed by atoms with E-state index < -0.39 is 35.1 Å². The smallest absolute Gasteiger partial charge is 0.300 e. The molecule has 2 heterocycles. The van der Waals surface area contributed by atoms with Crippen molar-refractivity contribution in [3.05, 3.63) is 88.2 Å². The molecule has 7 nitrogen and oxygen atoms in total. The van der Waals surface area contributed by atoms with Crippen LogP contribution in [0, 0.1) is 11.6 Å². The molecule has 34 heavy (non-hydrogen) atoms. The zero-order valence-electron chi connectivity index (χ0n) is 17.9. The fourth-order valence-corrected chi connectivity index (χ4v) is 3.97. The number of anilines is 1. The van der Waals surface area contributed by atoms with Crippen molar-refractivity contribution in [3.63, 3.8) is 0 Å². The maximum absolute atomic E-state index is 14.0. The van der Waals surface area contributed by atoms with Crippen molar-refractivity contribution in [3.8, 4) is 11.5 Å². The second kappa shape index (κ2) is 9.11. The van der Waals surface area contributed by atoms with Crippen LogP contribution in [0.2, 0.25) is 5.02 Å². The summed E-state index contributed by atoms with van der Waals surface area (Å²) >= 11 is 6.14. The van der Waals surface area contributed by atoms with Crippen LogP contribution in [0.3, 0.4) is 0 Å². The van der Waals surface area contributed by atoms with Gasteiger partial charge in [-0.15, -0.1) is 0 Å². The molecule has 0 saturated carbocycles. The summed E-state index contributed by atoms with van der Waals surface area (Å²) in [4.78, 5) is 31.4. The number of aromatic nitrogens is 1. The summed E-state index contributed by atoms with van der Waals surface area (Å²) in [6.07, 6.45) is 1.44. The minimum Gasteiger partial charge on any atom is -0.507 e. The number of amides is 1. The number of benzene rings is 2. The third-order valence-corrected chi connectivity index (χ3v) is 5.62. The van der Waals surface area contributed by atoms with Gasteiger partial charge in [-0.3, -0.25) is 19.5 Å². The van der Waals surface area contributed by atoms with Crippen molar-refractivity contribution in [2.45, 2.75) is 6.04 Å². The fourth-order valence-electron chi connectivity index (χ4n) is 3.74. The van der Waals surface area contributed by atoms with Crippen molar-refractivity contribution >= 4 is 34.7 Å². The summed E-state index contributed by atoms with van der Waals surface area (Å²) in [6, 6.07) is 9.09. The summed E-state index contributed by atoms with van der Waals surface area (Å²) in [5.41, 5.74) is -0.159. The van der Waals surface area contributed by atoms with Gasteiger partial charge in [0.2, 0.25) is 0 Å². The molecule has 4 rings (SSSR count). The summed E-state index contributed by atoms with van der Waals surface area (Å²) in [6.45, 7) is 0. The van der Waals surface area contributed by atoms with E-state index in [4.69, 9.17) is 21.1 Å². The maximum atomic E-state index is 14.0. The number of hydrogen-bond donors (Lipinski definition) is 1. The minimum absolute atomic E-state index is 0.0352. The molecule has 0 bridgehead atoms. The van der Waals surface area contributed by atoms with E-state index in [9.17, 15) is 23.5 Å². The van der Waals surface area contributed by atoms with Gasteiger partial charge in [0.25, 0.3) is 11.7 Å². The minimum atomic E-state index is -1.24. The lowest BCUT2D eigenvalue weighted by Gasteiger charge is -2.24. The van der Waals surface area contributed by atoms with Crippen molar-refractivity contribution in [1.29, 1.82) is 0 Å². The first-order valence-corrected chi connectivity index (χ1v) is 10.2. The van der Waals surface area contributed by atoms with Crippen LogP contribution < -0.4 is 14.4 Å². The molecule has 1 atom stereocenters. The van der Waals surface area contributed by atoms with Crippen LogP contribution >= 0.6 is 11.6 Å². The van der Waals surface area contributed by atoms with Crippen LogP contribution in [0.5, 0.6) is 11.5 Å². The molecule has 1 amide bonds. The fraction of sp³-hybridized carbons (Fsp3) is 0.125. The third kappa shape index (κ3) is 3.84. The maximum Gasteiger partial charge on any atom is 0.300 e. The number of nitrogens with zero attached hydrogens (tertiary/aromatic N) is 2. The number of methoxy groups -OCH3 is 2. The van der Waals surface area contributed by atoms with Crippen molar-refractivity contribution in [1.82, 2.24) is 4.98 Å². The lowest BCUT2D eigenvalue weighted by atomic mass is 9.97. The van der Waals surface area contributed by atoms with E-state index in [-0.39, 0.29) is 39.0 Å². The second-order valence-corrected chi connectivity index (χ2v) is 7.62. The predicted octanol–water partition coefficient (Wildman–Crippen LogP) is 4.66. The second-order valence-electron chi connectivity index (χ2n) is 7.21. The highest BCUT2D eigenvalue weighted by atomic mass is 35.5. The number of halogens is 3. The van der Waals surface area contributed by atoms with E-state index in [0.717, 1.165) is 23.1 Å². The first-order chi connectivity index (χ1) is 16.3. The molecule has 0 spiro atoms. The van der Waals surface area contributed by atoms with Crippen LogP contribution in [0.15, 0.2) is 60.3 Å². The zero-order chi connectivity index (χ0) is 24.6. The number of rotatable bonds is 5. The van der Waals surface area contributed by atoms with Gasteiger partial charge in [0.15, 0.2) is 11.6 Å². The highest BCUT2D eigenvalue weighted by Gasteiger charge is 2.48. The Bertz CT molecular complexity index is 1330. The van der Waals surface area contributed by atoms with Crippen molar-refractivity contribution in [2.24, 2.45) is 0 Å². The molecule has 1 N–H and O–H groups in total. The van der Waals surface area contributed by atoms with Crippen LogP contribution in [0.4, 0.5) is 14.5 Å². The highest BCUT2D eigenvalue weighted by Crippen LogP contribution is 2.44.